The molecule has 0 aliphatic carbocycles. The summed E-state index contributed by atoms with van der Waals surface area (Å²) >= 11 is 0. The molecule has 0 unspecified atom stereocenters. The van der Waals surface area contributed by atoms with E-state index in [-0.39, 0.29) is 0 Å². The lowest BCUT2D eigenvalue weighted by Crippen LogP contribution is -1.89. The van der Waals surface area contributed by atoms with Gasteiger partial charge in [0.2, 0.25) is 0 Å². The van der Waals surface area contributed by atoms with Gasteiger partial charge < -0.3 is 0 Å². The monoisotopic (exact) mass is 252 g/mol. The van der Waals surface area contributed by atoms with Crippen LogP contribution in [0.2, 0.25) is 0 Å². The summed E-state index contributed by atoms with van der Waals surface area (Å²) in [7, 11) is 0. The number of terminal acetylenes is 2. The first-order chi connectivity index (χ1) is 9.83. The Kier molecular flexibility index (Phi) is 4.20. The largest absolute Gasteiger partial charge is 0.255 e. The molecule has 2 aromatic rings. The molecule has 0 aliphatic heterocycles. The topological polar surface area (TPSA) is 25.8 Å². The van der Waals surface area contributed by atoms with E-state index in [2.05, 4.69) is 45.5 Å². The van der Waals surface area contributed by atoms with Gasteiger partial charge in [0.1, 0.15) is 0 Å². The molecular formula is C18H8N2. The minimum atomic E-state index is 0.707. The number of nitrogens with zero attached hydrogens (tertiary/aromatic N) is 2. The van der Waals surface area contributed by atoms with E-state index in [1.54, 1.807) is 24.5 Å². The highest BCUT2D eigenvalue weighted by Gasteiger charge is 2.02. The molecule has 0 saturated heterocycles. The number of hydrogen-bond acceptors (Lipinski definition) is 2. The lowest BCUT2D eigenvalue weighted by atomic mass is 10.1. The van der Waals surface area contributed by atoms with Crippen LogP contribution in [-0.2, 0) is 0 Å². The molecule has 0 N–H and O–H groups in total. The molecule has 0 aromatic carbocycles. The van der Waals surface area contributed by atoms with Crippen LogP contribution in [0.3, 0.4) is 0 Å². The van der Waals surface area contributed by atoms with Crippen LogP contribution in [0.15, 0.2) is 36.7 Å². The molecule has 2 rings (SSSR count). The van der Waals surface area contributed by atoms with Crippen molar-refractivity contribution in [1.82, 2.24) is 9.97 Å². The molecule has 0 saturated carbocycles. The first-order valence-corrected chi connectivity index (χ1v) is 5.69. The molecule has 0 radical (unpaired) electrons. The lowest BCUT2D eigenvalue weighted by Gasteiger charge is -2.00. The van der Waals surface area contributed by atoms with Crippen molar-refractivity contribution in [1.29, 1.82) is 0 Å². The SMILES string of the molecule is C#CC#Cc1ccnc(-c2cc(C#CC#C)ccn2)c1. The summed E-state index contributed by atoms with van der Waals surface area (Å²) < 4.78 is 0. The van der Waals surface area contributed by atoms with Crippen molar-refractivity contribution in [2.45, 2.75) is 0 Å². The third-order valence-corrected chi connectivity index (χ3v) is 2.34. The number of rotatable bonds is 1. The molecule has 0 amide bonds. The smallest absolute Gasteiger partial charge is 0.0898 e. The zero-order chi connectivity index (χ0) is 14.2. The molecule has 2 heteroatoms. The molecule has 0 bridgehead atoms. The van der Waals surface area contributed by atoms with Crippen molar-refractivity contribution in [3.05, 3.63) is 47.8 Å². The van der Waals surface area contributed by atoms with Gasteiger partial charge in [-0.15, -0.1) is 12.8 Å². The Labute approximate surface area is 118 Å². The van der Waals surface area contributed by atoms with Crippen molar-refractivity contribution in [3.8, 4) is 59.8 Å². The van der Waals surface area contributed by atoms with Crippen LogP contribution in [0.25, 0.3) is 11.4 Å². The summed E-state index contributed by atoms with van der Waals surface area (Å²) in [5, 5.41) is 0. The first-order valence-electron chi connectivity index (χ1n) is 5.69. The minimum Gasteiger partial charge on any atom is -0.255 e. The van der Waals surface area contributed by atoms with Gasteiger partial charge in [0.05, 0.1) is 11.4 Å². The highest BCUT2D eigenvalue weighted by atomic mass is 14.8. The van der Waals surface area contributed by atoms with Crippen LogP contribution in [0, 0.1) is 48.4 Å². The highest BCUT2D eigenvalue weighted by molar-refractivity contribution is 5.59. The Morgan fingerprint density at radius 3 is 1.60 bits per heavy atom. The molecule has 0 spiro atoms. The highest BCUT2D eigenvalue weighted by Crippen LogP contribution is 2.16. The van der Waals surface area contributed by atoms with Crippen LogP contribution in [0.5, 0.6) is 0 Å². The predicted molar refractivity (Wildman–Crippen MR) is 78.9 cm³/mol. The Balaban J connectivity index is 2.42. The Hall–Kier alpha value is -3.46. The van der Waals surface area contributed by atoms with Crippen LogP contribution in [0.1, 0.15) is 11.1 Å². The van der Waals surface area contributed by atoms with E-state index < -0.39 is 0 Å². The van der Waals surface area contributed by atoms with Crippen molar-refractivity contribution in [2.75, 3.05) is 0 Å². The summed E-state index contributed by atoms with van der Waals surface area (Å²) in [6, 6.07) is 7.22. The van der Waals surface area contributed by atoms with Crippen molar-refractivity contribution < 1.29 is 0 Å². The summed E-state index contributed by atoms with van der Waals surface area (Å²) in [4.78, 5) is 8.54. The fourth-order valence-corrected chi connectivity index (χ4v) is 1.51. The van der Waals surface area contributed by atoms with Gasteiger partial charge in [-0.2, -0.15) is 0 Å². The second kappa shape index (κ2) is 6.47. The van der Waals surface area contributed by atoms with E-state index in [0.717, 1.165) is 11.1 Å². The standard InChI is InChI=1S/C18H8N2/c1-3-5-7-15-9-11-19-17(13-15)18-14-16(8-6-4-2)10-12-20-18/h1-2,9-14H. The molecule has 2 aromatic heterocycles. The van der Waals surface area contributed by atoms with E-state index in [9.17, 15) is 0 Å². The van der Waals surface area contributed by atoms with Crippen molar-refractivity contribution >= 4 is 0 Å². The van der Waals surface area contributed by atoms with Gasteiger partial charge in [0, 0.05) is 23.5 Å². The van der Waals surface area contributed by atoms with E-state index >= 15 is 0 Å². The van der Waals surface area contributed by atoms with Crippen LogP contribution >= 0.6 is 0 Å². The van der Waals surface area contributed by atoms with Gasteiger partial charge in [-0.05, 0) is 47.9 Å². The van der Waals surface area contributed by atoms with Crippen LogP contribution < -0.4 is 0 Å². The van der Waals surface area contributed by atoms with E-state index in [1.807, 2.05) is 12.1 Å². The second-order valence-corrected chi connectivity index (χ2v) is 3.65. The van der Waals surface area contributed by atoms with Crippen molar-refractivity contribution in [2.24, 2.45) is 0 Å². The zero-order valence-corrected chi connectivity index (χ0v) is 10.5. The normalized spacial score (nSPS) is 8.10. The van der Waals surface area contributed by atoms with Gasteiger partial charge in [-0.25, -0.2) is 0 Å². The Bertz CT molecular complexity index is 767. The first kappa shape index (κ1) is 13.0. The maximum atomic E-state index is 5.11. The fraction of sp³-hybridized carbons (Fsp3) is 0. The van der Waals surface area contributed by atoms with E-state index in [0.29, 0.717) is 11.4 Å². The predicted octanol–water partition coefficient (Wildman–Crippen LogP) is 2.11. The molecule has 20 heavy (non-hydrogen) atoms. The maximum absolute atomic E-state index is 5.11. The van der Waals surface area contributed by atoms with Gasteiger partial charge in [-0.3, -0.25) is 9.97 Å². The quantitative estimate of drug-likeness (QED) is 0.726. The summed E-state index contributed by atoms with van der Waals surface area (Å²) in [5.74, 6) is 15.4. The Morgan fingerprint density at radius 1 is 0.750 bits per heavy atom. The molecular weight excluding hydrogens is 244 g/mol. The van der Waals surface area contributed by atoms with Crippen molar-refractivity contribution in [3.63, 3.8) is 0 Å². The molecule has 90 valence electrons. The second-order valence-electron chi connectivity index (χ2n) is 3.65. The van der Waals surface area contributed by atoms with Crippen LogP contribution in [-0.4, -0.2) is 9.97 Å². The molecule has 0 aliphatic rings. The Morgan fingerprint density at radius 2 is 1.20 bits per heavy atom. The number of pyridine rings is 2. The summed E-state index contributed by atoms with van der Waals surface area (Å²) in [6.07, 6.45) is 13.5. The summed E-state index contributed by atoms with van der Waals surface area (Å²) in [5.41, 5.74) is 2.99. The third kappa shape index (κ3) is 3.27. The van der Waals surface area contributed by atoms with Crippen LogP contribution in [0.4, 0.5) is 0 Å². The van der Waals surface area contributed by atoms with E-state index in [4.69, 9.17) is 12.8 Å². The lowest BCUT2D eigenvalue weighted by molar-refractivity contribution is 1.24. The fourth-order valence-electron chi connectivity index (χ4n) is 1.51. The van der Waals surface area contributed by atoms with Gasteiger partial charge in [0.25, 0.3) is 0 Å². The maximum Gasteiger partial charge on any atom is 0.0898 e. The van der Waals surface area contributed by atoms with Gasteiger partial charge in [0.15, 0.2) is 0 Å². The molecule has 0 fully saturated rings. The average molecular weight is 252 g/mol. The molecule has 2 heterocycles. The molecule has 2 nitrogen and oxygen atoms in total. The third-order valence-electron chi connectivity index (χ3n) is 2.34. The summed E-state index contributed by atoms with van der Waals surface area (Å²) in [6.45, 7) is 0. The van der Waals surface area contributed by atoms with E-state index in [1.165, 1.54) is 0 Å². The zero-order valence-electron chi connectivity index (χ0n) is 10.5. The minimum absolute atomic E-state index is 0.707. The van der Waals surface area contributed by atoms with Gasteiger partial charge in [-0.1, -0.05) is 11.8 Å². The number of aromatic nitrogens is 2. The molecule has 0 atom stereocenters. The number of hydrogen-bond donors (Lipinski definition) is 0. The average Bonchev–Trinajstić information content (AvgIpc) is 2.51. The van der Waals surface area contributed by atoms with Gasteiger partial charge >= 0.3 is 0 Å².